The van der Waals surface area contributed by atoms with Crippen LogP contribution in [0.2, 0.25) is 0 Å². The molecule has 0 spiro atoms. The Bertz CT molecular complexity index is 715. The monoisotopic (exact) mass is 255 g/mol. The Kier molecular flexibility index (Phi) is 2.56. The van der Waals surface area contributed by atoms with Gasteiger partial charge in [-0.25, -0.2) is 14.6 Å². The zero-order valence-corrected chi connectivity index (χ0v) is 10.7. The summed E-state index contributed by atoms with van der Waals surface area (Å²) in [6.07, 6.45) is 1.57. The minimum Gasteiger partial charge on any atom is -0.461 e. The van der Waals surface area contributed by atoms with Gasteiger partial charge in [0.05, 0.1) is 12.0 Å². The number of nitrogen functional groups attached to an aromatic ring is 1. The molecule has 0 aliphatic heterocycles. The maximum Gasteiger partial charge on any atom is 0.199 e. The molecule has 3 aromatic heterocycles. The highest BCUT2D eigenvalue weighted by atomic mass is 16.3. The van der Waals surface area contributed by atoms with E-state index in [1.807, 2.05) is 19.9 Å². The summed E-state index contributed by atoms with van der Waals surface area (Å²) in [5.41, 5.74) is 7.74. The highest BCUT2D eigenvalue weighted by Crippen LogP contribution is 2.19. The highest BCUT2D eigenvalue weighted by molar-refractivity contribution is 5.52. The van der Waals surface area contributed by atoms with Crippen LogP contribution in [-0.2, 0) is 0 Å². The molecule has 2 N–H and O–H groups in total. The Morgan fingerprint density at radius 1 is 1.21 bits per heavy atom. The van der Waals surface area contributed by atoms with Crippen molar-refractivity contribution in [3.63, 3.8) is 0 Å². The first-order chi connectivity index (χ1) is 9.13. The predicted molar refractivity (Wildman–Crippen MR) is 70.7 cm³/mol. The zero-order chi connectivity index (χ0) is 13.4. The molecule has 6 heteroatoms. The van der Waals surface area contributed by atoms with Crippen molar-refractivity contribution in [2.75, 3.05) is 5.73 Å². The second-order valence-electron chi connectivity index (χ2n) is 4.29. The topological polar surface area (TPSA) is 82.8 Å². The molecule has 0 aromatic carbocycles. The van der Waals surface area contributed by atoms with Crippen molar-refractivity contribution >= 4 is 5.82 Å². The summed E-state index contributed by atoms with van der Waals surface area (Å²) in [4.78, 5) is 8.61. The molecule has 6 nitrogen and oxygen atoms in total. The maximum absolute atomic E-state index is 5.83. The third kappa shape index (κ3) is 2.08. The maximum atomic E-state index is 5.83. The average molecular weight is 255 g/mol. The van der Waals surface area contributed by atoms with Crippen LogP contribution >= 0.6 is 0 Å². The first-order valence-electron chi connectivity index (χ1n) is 5.85. The van der Waals surface area contributed by atoms with Gasteiger partial charge in [0.2, 0.25) is 0 Å². The van der Waals surface area contributed by atoms with Crippen molar-refractivity contribution in [1.82, 2.24) is 19.7 Å². The van der Waals surface area contributed by atoms with Gasteiger partial charge in [0.1, 0.15) is 5.82 Å². The molecular weight excluding hydrogens is 242 g/mol. The number of nitrogens with zero attached hydrogens (tertiary/aromatic N) is 4. The molecule has 3 rings (SSSR count). The summed E-state index contributed by atoms with van der Waals surface area (Å²) in [6.45, 7) is 3.90. The standard InChI is InChI=1S/C13H13N5O/c1-8-6-9(2)18(17-8)12-7-11(14)15-13(16-12)10-4-3-5-19-10/h3-7H,1-2H3,(H2,14,15,16). The number of anilines is 1. The van der Waals surface area contributed by atoms with Crippen LogP contribution in [-0.4, -0.2) is 19.7 Å². The van der Waals surface area contributed by atoms with Gasteiger partial charge in [0.15, 0.2) is 17.4 Å². The fraction of sp³-hybridized carbons (Fsp3) is 0.154. The van der Waals surface area contributed by atoms with E-state index in [4.69, 9.17) is 10.2 Å². The summed E-state index contributed by atoms with van der Waals surface area (Å²) in [5, 5.41) is 4.38. The molecule has 19 heavy (non-hydrogen) atoms. The molecule has 0 aliphatic rings. The van der Waals surface area contributed by atoms with Gasteiger partial charge in [0.25, 0.3) is 0 Å². The lowest BCUT2D eigenvalue weighted by molar-refractivity contribution is 0.577. The molecule has 0 atom stereocenters. The van der Waals surface area contributed by atoms with Crippen molar-refractivity contribution < 1.29 is 4.42 Å². The number of nitrogens with two attached hydrogens (primary N) is 1. The molecule has 0 amide bonds. The zero-order valence-electron chi connectivity index (χ0n) is 10.7. The first-order valence-corrected chi connectivity index (χ1v) is 5.85. The molecule has 0 fully saturated rings. The van der Waals surface area contributed by atoms with Crippen LogP contribution in [0, 0.1) is 13.8 Å². The molecule has 3 heterocycles. The van der Waals surface area contributed by atoms with Crippen molar-refractivity contribution in [3.05, 3.63) is 41.9 Å². The lowest BCUT2D eigenvalue weighted by Gasteiger charge is -2.06. The van der Waals surface area contributed by atoms with Gasteiger partial charge < -0.3 is 10.2 Å². The molecule has 3 aromatic rings. The molecular formula is C13H13N5O. The van der Waals surface area contributed by atoms with E-state index < -0.39 is 0 Å². The Labute approximate surface area is 109 Å². The van der Waals surface area contributed by atoms with E-state index in [1.165, 1.54) is 0 Å². The van der Waals surface area contributed by atoms with Crippen molar-refractivity contribution in [2.45, 2.75) is 13.8 Å². The predicted octanol–water partition coefficient (Wildman–Crippen LogP) is 2.12. The minimum absolute atomic E-state index is 0.379. The molecule has 0 unspecified atom stereocenters. The number of hydrogen-bond donors (Lipinski definition) is 1. The smallest absolute Gasteiger partial charge is 0.199 e. The fourth-order valence-electron chi connectivity index (χ4n) is 1.94. The van der Waals surface area contributed by atoms with Gasteiger partial charge in [0, 0.05) is 11.8 Å². The number of furan rings is 1. The van der Waals surface area contributed by atoms with Crippen molar-refractivity contribution in [1.29, 1.82) is 0 Å². The Balaban J connectivity index is 2.15. The van der Waals surface area contributed by atoms with Gasteiger partial charge in [-0.05, 0) is 32.0 Å². The number of hydrogen-bond acceptors (Lipinski definition) is 5. The van der Waals surface area contributed by atoms with Gasteiger partial charge >= 0.3 is 0 Å². The number of aromatic nitrogens is 4. The van der Waals surface area contributed by atoms with E-state index in [0.717, 1.165) is 11.4 Å². The molecule has 0 saturated heterocycles. The summed E-state index contributed by atoms with van der Waals surface area (Å²) >= 11 is 0. The fourth-order valence-corrected chi connectivity index (χ4v) is 1.94. The van der Waals surface area contributed by atoms with E-state index in [9.17, 15) is 0 Å². The van der Waals surface area contributed by atoms with E-state index >= 15 is 0 Å². The molecule has 0 aliphatic carbocycles. The molecule has 0 saturated carbocycles. The molecule has 0 radical (unpaired) electrons. The average Bonchev–Trinajstić information content (AvgIpc) is 2.98. The summed E-state index contributed by atoms with van der Waals surface area (Å²) < 4.78 is 7.03. The number of rotatable bonds is 2. The lowest BCUT2D eigenvalue weighted by Crippen LogP contribution is -2.06. The SMILES string of the molecule is Cc1cc(C)n(-c2cc(N)nc(-c3ccco3)n2)n1. The quantitative estimate of drug-likeness (QED) is 0.758. The summed E-state index contributed by atoms with van der Waals surface area (Å²) in [7, 11) is 0. The van der Waals surface area contributed by atoms with E-state index in [0.29, 0.717) is 23.2 Å². The van der Waals surface area contributed by atoms with Crippen LogP contribution in [0.3, 0.4) is 0 Å². The van der Waals surface area contributed by atoms with Crippen LogP contribution in [0.15, 0.2) is 34.9 Å². The summed E-state index contributed by atoms with van der Waals surface area (Å²) in [6, 6.07) is 7.24. The van der Waals surface area contributed by atoms with Crippen molar-refractivity contribution in [3.8, 4) is 17.4 Å². The van der Waals surface area contributed by atoms with Gasteiger partial charge in [-0.15, -0.1) is 0 Å². The van der Waals surface area contributed by atoms with Gasteiger partial charge in [-0.3, -0.25) is 0 Å². The van der Waals surface area contributed by atoms with Crippen LogP contribution in [0.4, 0.5) is 5.82 Å². The molecule has 96 valence electrons. The second kappa shape index (κ2) is 4.24. The van der Waals surface area contributed by atoms with Gasteiger partial charge in [-0.2, -0.15) is 5.10 Å². The summed E-state index contributed by atoms with van der Waals surface area (Å²) in [5.74, 6) is 2.04. The Hall–Kier alpha value is -2.63. The second-order valence-corrected chi connectivity index (χ2v) is 4.29. The lowest BCUT2D eigenvalue weighted by atomic mass is 10.4. The van der Waals surface area contributed by atoms with Crippen LogP contribution in [0.1, 0.15) is 11.4 Å². The third-order valence-electron chi connectivity index (χ3n) is 2.70. The molecule has 0 bridgehead atoms. The largest absolute Gasteiger partial charge is 0.461 e. The minimum atomic E-state index is 0.379. The van der Waals surface area contributed by atoms with Crippen molar-refractivity contribution in [2.24, 2.45) is 0 Å². The van der Waals surface area contributed by atoms with E-state index in [-0.39, 0.29) is 0 Å². The first kappa shape index (κ1) is 11.5. The van der Waals surface area contributed by atoms with Crippen LogP contribution in [0.25, 0.3) is 17.4 Å². The van der Waals surface area contributed by atoms with E-state index in [2.05, 4.69) is 15.1 Å². The third-order valence-corrected chi connectivity index (χ3v) is 2.70. The Morgan fingerprint density at radius 3 is 2.68 bits per heavy atom. The van der Waals surface area contributed by atoms with Crippen LogP contribution < -0.4 is 5.73 Å². The number of aryl methyl sites for hydroxylation is 2. The van der Waals surface area contributed by atoms with E-state index in [1.54, 1.807) is 29.1 Å². The van der Waals surface area contributed by atoms with Gasteiger partial charge in [-0.1, -0.05) is 0 Å². The Morgan fingerprint density at radius 2 is 2.05 bits per heavy atom. The normalized spacial score (nSPS) is 10.8. The van der Waals surface area contributed by atoms with Crippen LogP contribution in [0.5, 0.6) is 0 Å². The highest BCUT2D eigenvalue weighted by Gasteiger charge is 2.11.